The highest BCUT2D eigenvalue weighted by Gasteiger charge is 2.37. The van der Waals surface area contributed by atoms with Gasteiger partial charge in [0.2, 0.25) is 11.8 Å². The summed E-state index contributed by atoms with van der Waals surface area (Å²) in [6.45, 7) is 3.18. The number of ether oxygens (including phenoxy) is 1. The number of nitrogens with one attached hydrogen (secondary N) is 1. The van der Waals surface area contributed by atoms with E-state index in [4.69, 9.17) is 4.74 Å². The molecule has 1 N–H and O–H groups in total. The van der Waals surface area contributed by atoms with Gasteiger partial charge in [0.1, 0.15) is 17.5 Å². The summed E-state index contributed by atoms with van der Waals surface area (Å²) >= 11 is 0. The molecule has 5 nitrogen and oxygen atoms in total. The Labute approximate surface area is 151 Å². The van der Waals surface area contributed by atoms with E-state index in [0.717, 1.165) is 11.3 Å². The number of para-hydroxylation sites is 1. The first kappa shape index (κ1) is 17.9. The summed E-state index contributed by atoms with van der Waals surface area (Å²) in [5, 5.41) is 2.82. The van der Waals surface area contributed by atoms with E-state index >= 15 is 0 Å². The zero-order valence-electron chi connectivity index (χ0n) is 14.6. The number of nitrogens with zero attached hydrogens (tertiary/aromatic N) is 1. The fourth-order valence-electron chi connectivity index (χ4n) is 3.05. The number of benzene rings is 2. The summed E-state index contributed by atoms with van der Waals surface area (Å²) in [5.41, 5.74) is 1.47. The molecule has 0 saturated carbocycles. The van der Waals surface area contributed by atoms with Gasteiger partial charge >= 0.3 is 0 Å². The van der Waals surface area contributed by atoms with Crippen LogP contribution in [0.3, 0.4) is 0 Å². The Balaban J connectivity index is 1.62. The molecular weight excluding hydrogens is 335 g/mol. The van der Waals surface area contributed by atoms with Gasteiger partial charge in [0.15, 0.2) is 0 Å². The Morgan fingerprint density at radius 2 is 1.96 bits per heavy atom. The predicted molar refractivity (Wildman–Crippen MR) is 96.3 cm³/mol. The van der Waals surface area contributed by atoms with Gasteiger partial charge in [0.05, 0.1) is 6.61 Å². The van der Waals surface area contributed by atoms with Gasteiger partial charge < -0.3 is 15.0 Å². The first-order valence-electron chi connectivity index (χ1n) is 8.65. The molecule has 1 atom stereocenters. The maximum Gasteiger partial charge on any atom is 0.239 e. The van der Waals surface area contributed by atoms with Crippen LogP contribution in [0, 0.1) is 11.7 Å². The van der Waals surface area contributed by atoms with E-state index in [0.29, 0.717) is 31.8 Å². The second-order valence-corrected chi connectivity index (χ2v) is 6.07. The van der Waals surface area contributed by atoms with Crippen LogP contribution in [0.2, 0.25) is 0 Å². The number of rotatable bonds is 6. The molecule has 136 valence electrons. The van der Waals surface area contributed by atoms with Gasteiger partial charge in [0.25, 0.3) is 0 Å². The molecule has 2 amide bonds. The number of hydrogen-bond acceptors (Lipinski definition) is 3. The Bertz CT molecular complexity index is 792. The Hall–Kier alpha value is -2.89. The summed E-state index contributed by atoms with van der Waals surface area (Å²) < 4.78 is 18.6. The minimum Gasteiger partial charge on any atom is -0.494 e. The van der Waals surface area contributed by atoms with E-state index in [-0.39, 0.29) is 17.6 Å². The molecule has 0 bridgehead atoms. The monoisotopic (exact) mass is 356 g/mol. The van der Waals surface area contributed by atoms with E-state index in [2.05, 4.69) is 5.32 Å². The summed E-state index contributed by atoms with van der Waals surface area (Å²) in [7, 11) is 0. The van der Waals surface area contributed by atoms with Gasteiger partial charge in [-0.25, -0.2) is 4.39 Å². The van der Waals surface area contributed by atoms with E-state index in [1.165, 1.54) is 17.0 Å². The molecule has 3 rings (SSSR count). The third-order valence-corrected chi connectivity index (χ3v) is 4.39. The molecule has 6 heteroatoms. The third-order valence-electron chi connectivity index (χ3n) is 4.39. The summed E-state index contributed by atoms with van der Waals surface area (Å²) in [6, 6.07) is 13.2. The number of hydrogen-bond donors (Lipinski definition) is 1. The number of carbonyl (C=O) groups is 2. The van der Waals surface area contributed by atoms with Gasteiger partial charge in [0, 0.05) is 24.3 Å². The van der Waals surface area contributed by atoms with Crippen molar-refractivity contribution in [3.63, 3.8) is 0 Å². The summed E-state index contributed by atoms with van der Waals surface area (Å²) in [5.74, 6) is -0.916. The molecule has 0 spiro atoms. The molecule has 1 fully saturated rings. The minimum absolute atomic E-state index is 0.257. The highest BCUT2D eigenvalue weighted by Crippen LogP contribution is 2.26. The van der Waals surface area contributed by atoms with Crippen LogP contribution in [-0.2, 0) is 16.1 Å². The van der Waals surface area contributed by atoms with E-state index in [1.807, 2.05) is 31.2 Å². The highest BCUT2D eigenvalue weighted by atomic mass is 19.1. The van der Waals surface area contributed by atoms with Crippen LogP contribution in [-0.4, -0.2) is 25.0 Å². The van der Waals surface area contributed by atoms with Crippen LogP contribution in [0.4, 0.5) is 10.1 Å². The fraction of sp³-hybridized carbons (Fsp3) is 0.300. The van der Waals surface area contributed by atoms with Crippen molar-refractivity contribution < 1.29 is 18.7 Å². The van der Waals surface area contributed by atoms with Gasteiger partial charge in [-0.05, 0) is 43.7 Å². The van der Waals surface area contributed by atoms with Crippen molar-refractivity contribution >= 4 is 17.5 Å². The number of halogens is 1. The van der Waals surface area contributed by atoms with Crippen molar-refractivity contribution in [2.45, 2.75) is 19.9 Å². The van der Waals surface area contributed by atoms with Crippen molar-refractivity contribution in [3.8, 4) is 5.75 Å². The highest BCUT2D eigenvalue weighted by molar-refractivity contribution is 6.09. The van der Waals surface area contributed by atoms with E-state index < -0.39 is 5.92 Å². The molecular formula is C20H21FN2O3. The van der Waals surface area contributed by atoms with Gasteiger partial charge in [-0.15, -0.1) is 0 Å². The van der Waals surface area contributed by atoms with E-state index in [9.17, 15) is 14.0 Å². The minimum atomic E-state index is -0.723. The number of carbonyl (C=O) groups excluding carboxylic acids is 2. The number of anilines is 1. The Kier molecular flexibility index (Phi) is 5.51. The average molecular weight is 356 g/mol. The van der Waals surface area contributed by atoms with Gasteiger partial charge in [-0.1, -0.05) is 18.2 Å². The van der Waals surface area contributed by atoms with E-state index in [1.54, 1.807) is 12.1 Å². The van der Waals surface area contributed by atoms with Crippen molar-refractivity contribution in [2.24, 2.45) is 5.92 Å². The van der Waals surface area contributed by atoms with Gasteiger partial charge in [-0.2, -0.15) is 0 Å². The zero-order chi connectivity index (χ0) is 18.5. The maximum absolute atomic E-state index is 13.0. The lowest BCUT2D eigenvalue weighted by atomic mass is 10.1. The Morgan fingerprint density at radius 3 is 2.69 bits per heavy atom. The van der Waals surface area contributed by atoms with Crippen molar-refractivity contribution in [1.82, 2.24) is 5.32 Å². The lowest BCUT2D eigenvalue weighted by Gasteiger charge is -2.17. The van der Waals surface area contributed by atoms with Crippen LogP contribution < -0.4 is 15.0 Å². The topological polar surface area (TPSA) is 58.6 Å². The van der Waals surface area contributed by atoms with Crippen molar-refractivity contribution in [3.05, 3.63) is 59.9 Å². The molecule has 2 aromatic rings. The number of amides is 2. The third kappa shape index (κ3) is 3.85. The van der Waals surface area contributed by atoms with Crippen molar-refractivity contribution in [1.29, 1.82) is 0 Å². The lowest BCUT2D eigenvalue weighted by molar-refractivity contribution is -0.132. The lowest BCUT2D eigenvalue weighted by Crippen LogP contribution is -2.36. The summed E-state index contributed by atoms with van der Waals surface area (Å²) in [4.78, 5) is 26.6. The average Bonchev–Trinajstić information content (AvgIpc) is 3.03. The first-order chi connectivity index (χ1) is 12.6. The molecule has 0 aromatic heterocycles. The smallest absolute Gasteiger partial charge is 0.239 e. The second kappa shape index (κ2) is 7.99. The van der Waals surface area contributed by atoms with Gasteiger partial charge in [-0.3, -0.25) is 9.59 Å². The maximum atomic E-state index is 13.0. The molecule has 2 aromatic carbocycles. The molecule has 26 heavy (non-hydrogen) atoms. The normalized spacial score (nSPS) is 16.6. The molecule has 1 saturated heterocycles. The van der Waals surface area contributed by atoms with Crippen LogP contribution in [0.15, 0.2) is 48.5 Å². The molecule has 0 radical (unpaired) electrons. The SMILES string of the molecule is CCOc1ccccc1CNC(=O)[C@H]1CCN(c2ccc(F)cc2)C1=O. The molecule has 1 aliphatic heterocycles. The molecule has 0 unspecified atom stereocenters. The summed E-state index contributed by atoms with van der Waals surface area (Å²) in [6.07, 6.45) is 0.440. The van der Waals surface area contributed by atoms with Crippen LogP contribution in [0.1, 0.15) is 18.9 Å². The Morgan fingerprint density at radius 1 is 1.23 bits per heavy atom. The molecule has 0 aliphatic carbocycles. The van der Waals surface area contributed by atoms with Crippen LogP contribution in [0.25, 0.3) is 0 Å². The van der Waals surface area contributed by atoms with Crippen LogP contribution >= 0.6 is 0 Å². The molecule has 1 aliphatic rings. The zero-order valence-corrected chi connectivity index (χ0v) is 14.6. The largest absolute Gasteiger partial charge is 0.494 e. The van der Waals surface area contributed by atoms with Crippen LogP contribution in [0.5, 0.6) is 5.75 Å². The first-order valence-corrected chi connectivity index (χ1v) is 8.65. The quantitative estimate of drug-likeness (QED) is 0.810. The predicted octanol–water partition coefficient (Wildman–Crippen LogP) is 2.89. The fourth-order valence-corrected chi connectivity index (χ4v) is 3.05. The second-order valence-electron chi connectivity index (χ2n) is 6.07. The van der Waals surface area contributed by atoms with Crippen molar-refractivity contribution in [2.75, 3.05) is 18.1 Å². The molecule has 1 heterocycles. The standard InChI is InChI=1S/C20H21FN2O3/c1-2-26-18-6-4-3-5-14(18)13-22-19(24)17-11-12-23(20(17)25)16-9-7-15(21)8-10-16/h3-10,17H,2,11-13H2,1H3,(H,22,24)/t17-/m1/s1.